The Morgan fingerprint density at radius 2 is 2.04 bits per heavy atom. The van der Waals surface area contributed by atoms with Crippen molar-refractivity contribution < 1.29 is 14.3 Å². The number of halogens is 1. The quantitative estimate of drug-likeness (QED) is 0.682. The maximum atomic E-state index is 12.5. The number of anilines is 1. The van der Waals surface area contributed by atoms with Crippen molar-refractivity contribution in [3.05, 3.63) is 62.8 Å². The van der Waals surface area contributed by atoms with Crippen molar-refractivity contribution in [2.45, 2.75) is 6.92 Å². The maximum Gasteiger partial charge on any atom is 0.337 e. The Bertz CT molecular complexity index is 1090. The van der Waals surface area contributed by atoms with Crippen LogP contribution in [0.5, 0.6) is 0 Å². The lowest BCUT2D eigenvalue weighted by Gasteiger charge is -2.09. The summed E-state index contributed by atoms with van der Waals surface area (Å²) < 4.78 is 4.63. The number of hydrogen-bond donors (Lipinski definition) is 2. The number of carbonyl (C=O) groups is 2. The van der Waals surface area contributed by atoms with E-state index in [1.54, 1.807) is 6.92 Å². The van der Waals surface area contributed by atoms with Crippen LogP contribution in [0.3, 0.4) is 0 Å². The van der Waals surface area contributed by atoms with E-state index in [4.69, 9.17) is 11.6 Å². The SMILES string of the molecule is COC(=O)c1ccc(Cl)c(NC(=O)c2cc3cnc(C)nc3[nH]c2=O)c1. The molecule has 8 nitrogen and oxygen atoms in total. The number of ether oxygens (including phenoxy) is 1. The third-order valence-electron chi connectivity index (χ3n) is 3.59. The van der Waals surface area contributed by atoms with E-state index in [-0.39, 0.29) is 21.8 Å². The number of benzene rings is 1. The first-order valence-corrected chi connectivity index (χ1v) is 7.82. The highest BCUT2D eigenvalue weighted by molar-refractivity contribution is 6.34. The summed E-state index contributed by atoms with van der Waals surface area (Å²) in [6.45, 7) is 1.69. The molecule has 2 aromatic heterocycles. The predicted molar refractivity (Wildman–Crippen MR) is 95.6 cm³/mol. The summed E-state index contributed by atoms with van der Waals surface area (Å²) in [4.78, 5) is 47.0. The number of fused-ring (bicyclic) bond motifs is 1. The number of esters is 1. The zero-order chi connectivity index (χ0) is 18.8. The van der Waals surface area contributed by atoms with E-state index >= 15 is 0 Å². The molecule has 26 heavy (non-hydrogen) atoms. The van der Waals surface area contributed by atoms with E-state index in [1.165, 1.54) is 37.6 Å². The summed E-state index contributed by atoms with van der Waals surface area (Å²) in [7, 11) is 1.24. The van der Waals surface area contributed by atoms with E-state index in [0.717, 1.165) is 0 Å². The molecule has 0 spiro atoms. The molecule has 132 valence electrons. The molecule has 0 unspecified atom stereocenters. The Morgan fingerprint density at radius 1 is 1.27 bits per heavy atom. The number of pyridine rings is 1. The number of amides is 1. The van der Waals surface area contributed by atoms with Gasteiger partial charge in [0.25, 0.3) is 11.5 Å². The number of aromatic nitrogens is 3. The number of H-pyrrole nitrogens is 1. The van der Waals surface area contributed by atoms with Gasteiger partial charge in [-0.1, -0.05) is 11.6 Å². The highest BCUT2D eigenvalue weighted by atomic mass is 35.5. The molecular formula is C17H13ClN4O4. The zero-order valence-electron chi connectivity index (χ0n) is 13.8. The topological polar surface area (TPSA) is 114 Å². The second kappa shape index (κ2) is 6.93. The molecule has 0 radical (unpaired) electrons. The molecule has 3 rings (SSSR count). The van der Waals surface area contributed by atoms with Gasteiger partial charge in [-0.05, 0) is 31.2 Å². The molecule has 1 aromatic carbocycles. The number of methoxy groups -OCH3 is 1. The summed E-state index contributed by atoms with van der Waals surface area (Å²) >= 11 is 6.06. The third-order valence-corrected chi connectivity index (χ3v) is 3.92. The summed E-state index contributed by atoms with van der Waals surface area (Å²) in [5.74, 6) is -0.761. The van der Waals surface area contributed by atoms with E-state index in [9.17, 15) is 14.4 Å². The van der Waals surface area contributed by atoms with Gasteiger partial charge in [-0.15, -0.1) is 0 Å². The fourth-order valence-electron chi connectivity index (χ4n) is 2.31. The van der Waals surface area contributed by atoms with Gasteiger partial charge in [-0.25, -0.2) is 14.8 Å². The molecule has 2 N–H and O–H groups in total. The molecule has 0 saturated carbocycles. The van der Waals surface area contributed by atoms with Crippen LogP contribution in [0.15, 0.2) is 35.3 Å². The predicted octanol–water partition coefficient (Wildman–Crippen LogP) is 2.32. The average molecular weight is 373 g/mol. The molecule has 0 fully saturated rings. The van der Waals surface area contributed by atoms with Gasteiger partial charge in [-0.3, -0.25) is 9.59 Å². The third kappa shape index (κ3) is 3.40. The largest absolute Gasteiger partial charge is 0.465 e. The van der Waals surface area contributed by atoms with Crippen LogP contribution in [0.4, 0.5) is 5.69 Å². The zero-order valence-corrected chi connectivity index (χ0v) is 14.5. The van der Waals surface area contributed by atoms with Gasteiger partial charge in [0.05, 0.1) is 23.4 Å². The molecule has 0 aliphatic heterocycles. The van der Waals surface area contributed by atoms with E-state index in [0.29, 0.717) is 16.9 Å². The first kappa shape index (κ1) is 17.6. The van der Waals surface area contributed by atoms with Gasteiger partial charge in [-0.2, -0.15) is 0 Å². The van der Waals surface area contributed by atoms with Crippen molar-refractivity contribution in [2.75, 3.05) is 12.4 Å². The number of aryl methyl sites for hydroxylation is 1. The van der Waals surface area contributed by atoms with Crippen molar-refractivity contribution in [1.29, 1.82) is 0 Å². The van der Waals surface area contributed by atoms with Crippen LogP contribution in [-0.4, -0.2) is 33.9 Å². The number of rotatable bonds is 3. The van der Waals surface area contributed by atoms with Gasteiger partial charge in [0.15, 0.2) is 0 Å². The Labute approximate surface area is 152 Å². The van der Waals surface area contributed by atoms with Crippen molar-refractivity contribution in [2.24, 2.45) is 0 Å². The van der Waals surface area contributed by atoms with Crippen LogP contribution >= 0.6 is 11.6 Å². The average Bonchev–Trinajstić information content (AvgIpc) is 2.62. The van der Waals surface area contributed by atoms with Gasteiger partial charge in [0.1, 0.15) is 17.0 Å². The monoisotopic (exact) mass is 372 g/mol. The molecule has 0 aliphatic rings. The van der Waals surface area contributed by atoms with Gasteiger partial charge < -0.3 is 15.0 Å². The Balaban J connectivity index is 1.97. The van der Waals surface area contributed by atoms with Crippen LogP contribution < -0.4 is 10.9 Å². The number of nitrogens with one attached hydrogen (secondary N) is 2. The second-order valence-electron chi connectivity index (χ2n) is 5.37. The van der Waals surface area contributed by atoms with Crippen molar-refractivity contribution >= 4 is 40.2 Å². The number of carbonyl (C=O) groups excluding carboxylic acids is 2. The van der Waals surface area contributed by atoms with Gasteiger partial charge >= 0.3 is 5.97 Å². The Hall–Kier alpha value is -3.26. The van der Waals surface area contributed by atoms with Gasteiger partial charge in [0.2, 0.25) is 0 Å². The lowest BCUT2D eigenvalue weighted by atomic mass is 10.1. The smallest absolute Gasteiger partial charge is 0.337 e. The molecular weight excluding hydrogens is 360 g/mol. The fraction of sp³-hybridized carbons (Fsp3) is 0.118. The molecule has 9 heteroatoms. The normalized spacial score (nSPS) is 10.6. The molecule has 2 heterocycles. The maximum absolute atomic E-state index is 12.5. The lowest BCUT2D eigenvalue weighted by molar-refractivity contribution is 0.0600. The highest BCUT2D eigenvalue weighted by Crippen LogP contribution is 2.24. The van der Waals surface area contributed by atoms with Crippen molar-refractivity contribution in [3.63, 3.8) is 0 Å². The lowest BCUT2D eigenvalue weighted by Crippen LogP contribution is -2.23. The standard InChI is InChI=1S/C17H13ClN4O4/c1-8-19-7-10-5-11(16(24)22-14(10)20-8)15(23)21-13-6-9(17(25)26-2)3-4-12(13)18/h3-7H,1-2H3,(H,21,23)(H,19,20,22,24). The molecule has 0 atom stereocenters. The minimum absolute atomic E-state index is 0.135. The summed E-state index contributed by atoms with van der Waals surface area (Å²) in [6, 6.07) is 5.67. The Kier molecular flexibility index (Phi) is 4.68. The molecule has 1 amide bonds. The number of nitrogens with zero attached hydrogens (tertiary/aromatic N) is 2. The minimum atomic E-state index is -0.683. The van der Waals surface area contributed by atoms with Crippen LogP contribution in [0.1, 0.15) is 26.5 Å². The van der Waals surface area contributed by atoms with E-state index in [1.807, 2.05) is 0 Å². The minimum Gasteiger partial charge on any atom is -0.465 e. The molecule has 0 saturated heterocycles. The number of aromatic amines is 1. The second-order valence-corrected chi connectivity index (χ2v) is 5.78. The van der Waals surface area contributed by atoms with Crippen molar-refractivity contribution in [1.82, 2.24) is 15.0 Å². The highest BCUT2D eigenvalue weighted by Gasteiger charge is 2.16. The van der Waals surface area contributed by atoms with Crippen LogP contribution in [0, 0.1) is 6.92 Å². The summed E-state index contributed by atoms with van der Waals surface area (Å²) in [5, 5.41) is 3.24. The molecule has 0 aliphatic carbocycles. The van der Waals surface area contributed by atoms with Crippen LogP contribution in [-0.2, 0) is 4.74 Å². The van der Waals surface area contributed by atoms with E-state index < -0.39 is 17.4 Å². The van der Waals surface area contributed by atoms with Gasteiger partial charge in [0, 0.05) is 11.6 Å². The van der Waals surface area contributed by atoms with E-state index in [2.05, 4.69) is 25.0 Å². The summed E-state index contributed by atoms with van der Waals surface area (Å²) in [6.07, 6.45) is 1.51. The number of hydrogen-bond acceptors (Lipinski definition) is 6. The van der Waals surface area contributed by atoms with Crippen LogP contribution in [0.2, 0.25) is 5.02 Å². The molecule has 0 bridgehead atoms. The van der Waals surface area contributed by atoms with Crippen molar-refractivity contribution in [3.8, 4) is 0 Å². The molecule has 3 aromatic rings. The Morgan fingerprint density at radius 3 is 2.77 bits per heavy atom. The fourth-order valence-corrected chi connectivity index (χ4v) is 2.47. The first-order chi connectivity index (χ1) is 12.4. The summed E-state index contributed by atoms with van der Waals surface area (Å²) in [5.41, 5.74) is -0.00896. The first-order valence-electron chi connectivity index (χ1n) is 7.45. The van der Waals surface area contributed by atoms with Crippen LogP contribution in [0.25, 0.3) is 11.0 Å².